The Kier molecular flexibility index (Phi) is 4.39. The van der Waals surface area contributed by atoms with Gasteiger partial charge in [-0.05, 0) is 37.0 Å². The molecule has 0 aliphatic carbocycles. The Morgan fingerprint density at radius 3 is 2.57 bits per heavy atom. The van der Waals surface area contributed by atoms with Gasteiger partial charge in [0.15, 0.2) is 0 Å². The fourth-order valence-corrected chi connectivity index (χ4v) is 2.06. The van der Waals surface area contributed by atoms with Crippen molar-refractivity contribution in [2.24, 2.45) is 11.3 Å². The molecule has 1 N–H and O–H groups in total. The monoisotopic (exact) mass is 200 g/mol. The van der Waals surface area contributed by atoms with Gasteiger partial charge in [0.2, 0.25) is 0 Å². The van der Waals surface area contributed by atoms with Crippen LogP contribution >= 0.6 is 0 Å². The van der Waals surface area contributed by atoms with Crippen LogP contribution < -0.4 is 0 Å². The van der Waals surface area contributed by atoms with E-state index in [1.54, 1.807) is 0 Å². The number of hydrogen-bond donors (Lipinski definition) is 1. The second-order valence-corrected chi connectivity index (χ2v) is 5.46. The normalized spacial score (nSPS) is 25.3. The van der Waals surface area contributed by atoms with E-state index in [4.69, 9.17) is 4.74 Å². The fourth-order valence-electron chi connectivity index (χ4n) is 2.06. The van der Waals surface area contributed by atoms with Crippen molar-refractivity contribution in [3.8, 4) is 0 Å². The summed E-state index contributed by atoms with van der Waals surface area (Å²) in [5.41, 5.74) is 0.216. The van der Waals surface area contributed by atoms with E-state index in [9.17, 15) is 5.11 Å². The predicted molar refractivity (Wildman–Crippen MR) is 58.2 cm³/mol. The van der Waals surface area contributed by atoms with E-state index in [-0.39, 0.29) is 5.41 Å². The third kappa shape index (κ3) is 3.58. The number of rotatable bonds is 4. The molecule has 0 amide bonds. The third-order valence-corrected chi connectivity index (χ3v) is 3.31. The number of aliphatic hydroxyl groups is 1. The van der Waals surface area contributed by atoms with Crippen LogP contribution in [0.2, 0.25) is 0 Å². The lowest BCUT2D eigenvalue weighted by molar-refractivity contribution is 0.0726. The summed E-state index contributed by atoms with van der Waals surface area (Å²) in [7, 11) is 0. The summed E-state index contributed by atoms with van der Waals surface area (Å²) in [5.74, 6) is 0.409. The van der Waals surface area contributed by atoms with Gasteiger partial charge in [-0.1, -0.05) is 20.8 Å². The van der Waals surface area contributed by atoms with E-state index in [0.717, 1.165) is 19.4 Å². The van der Waals surface area contributed by atoms with E-state index in [1.807, 2.05) is 0 Å². The molecular formula is C12H24O2. The van der Waals surface area contributed by atoms with Crippen molar-refractivity contribution in [2.45, 2.75) is 52.6 Å². The summed E-state index contributed by atoms with van der Waals surface area (Å²) in [6.07, 6.45) is 5.09. The predicted octanol–water partition coefficient (Wildman–Crippen LogP) is 2.60. The van der Waals surface area contributed by atoms with Gasteiger partial charge in [0.1, 0.15) is 0 Å². The first-order valence-corrected chi connectivity index (χ1v) is 5.76. The average molecular weight is 200 g/mol. The molecule has 1 fully saturated rings. The van der Waals surface area contributed by atoms with Gasteiger partial charge in [-0.25, -0.2) is 0 Å². The lowest BCUT2D eigenvalue weighted by Crippen LogP contribution is -2.25. The first-order chi connectivity index (χ1) is 6.54. The minimum Gasteiger partial charge on any atom is -0.396 e. The van der Waals surface area contributed by atoms with Crippen LogP contribution in [0.25, 0.3) is 0 Å². The fraction of sp³-hybridized carbons (Fsp3) is 1.00. The SMILES string of the molecule is CC(C)(C)C(CO)CCC1CCCO1. The van der Waals surface area contributed by atoms with Crippen LogP contribution in [0.15, 0.2) is 0 Å². The summed E-state index contributed by atoms with van der Waals surface area (Å²) in [5, 5.41) is 9.29. The summed E-state index contributed by atoms with van der Waals surface area (Å²) in [6.45, 7) is 7.83. The molecule has 14 heavy (non-hydrogen) atoms. The summed E-state index contributed by atoms with van der Waals surface area (Å²) in [6, 6.07) is 0. The Morgan fingerprint density at radius 1 is 1.43 bits per heavy atom. The molecule has 2 nitrogen and oxygen atoms in total. The topological polar surface area (TPSA) is 29.5 Å². The zero-order chi connectivity index (χ0) is 10.6. The van der Waals surface area contributed by atoms with E-state index >= 15 is 0 Å². The minimum atomic E-state index is 0.216. The second-order valence-electron chi connectivity index (χ2n) is 5.46. The molecule has 2 unspecified atom stereocenters. The van der Waals surface area contributed by atoms with Gasteiger partial charge in [-0.3, -0.25) is 0 Å². The highest BCUT2D eigenvalue weighted by Crippen LogP contribution is 2.31. The molecule has 0 aromatic rings. The summed E-state index contributed by atoms with van der Waals surface area (Å²) in [4.78, 5) is 0. The first kappa shape index (κ1) is 12.0. The summed E-state index contributed by atoms with van der Waals surface area (Å²) >= 11 is 0. The molecule has 1 aliphatic heterocycles. The van der Waals surface area contributed by atoms with Crippen molar-refractivity contribution >= 4 is 0 Å². The molecule has 0 spiro atoms. The molecule has 0 bridgehead atoms. The molecule has 0 saturated carbocycles. The average Bonchev–Trinajstić information content (AvgIpc) is 2.55. The second kappa shape index (κ2) is 5.13. The zero-order valence-corrected chi connectivity index (χ0v) is 9.75. The zero-order valence-electron chi connectivity index (χ0n) is 9.75. The van der Waals surface area contributed by atoms with E-state index in [0.29, 0.717) is 18.6 Å². The van der Waals surface area contributed by atoms with Gasteiger partial charge in [0.25, 0.3) is 0 Å². The largest absolute Gasteiger partial charge is 0.396 e. The number of ether oxygens (including phenoxy) is 1. The lowest BCUT2D eigenvalue weighted by Gasteiger charge is -2.29. The molecule has 84 valence electrons. The van der Waals surface area contributed by atoms with Crippen molar-refractivity contribution in [1.29, 1.82) is 0 Å². The van der Waals surface area contributed by atoms with E-state index in [1.165, 1.54) is 12.8 Å². The van der Waals surface area contributed by atoms with Crippen LogP contribution in [-0.4, -0.2) is 24.4 Å². The quantitative estimate of drug-likeness (QED) is 0.756. The molecule has 0 aromatic carbocycles. The molecule has 1 aliphatic rings. The molecule has 2 heteroatoms. The molecule has 0 aromatic heterocycles. The maximum absolute atomic E-state index is 9.29. The Bertz CT molecular complexity index is 154. The molecule has 1 saturated heterocycles. The highest BCUT2D eigenvalue weighted by molar-refractivity contribution is 4.75. The van der Waals surface area contributed by atoms with Crippen LogP contribution in [0, 0.1) is 11.3 Å². The van der Waals surface area contributed by atoms with Crippen LogP contribution in [0.5, 0.6) is 0 Å². The molecular weight excluding hydrogens is 176 g/mol. The minimum absolute atomic E-state index is 0.216. The van der Waals surface area contributed by atoms with Gasteiger partial charge < -0.3 is 9.84 Å². The summed E-state index contributed by atoms with van der Waals surface area (Å²) < 4.78 is 5.58. The van der Waals surface area contributed by atoms with Crippen molar-refractivity contribution in [2.75, 3.05) is 13.2 Å². The van der Waals surface area contributed by atoms with Gasteiger partial charge >= 0.3 is 0 Å². The smallest absolute Gasteiger partial charge is 0.0576 e. The Labute approximate surface area is 87.7 Å². The van der Waals surface area contributed by atoms with Crippen LogP contribution in [0.3, 0.4) is 0 Å². The Hall–Kier alpha value is -0.0800. The first-order valence-electron chi connectivity index (χ1n) is 5.76. The van der Waals surface area contributed by atoms with Gasteiger partial charge in [0, 0.05) is 13.2 Å². The van der Waals surface area contributed by atoms with Crippen molar-refractivity contribution in [3.63, 3.8) is 0 Å². The third-order valence-electron chi connectivity index (χ3n) is 3.31. The van der Waals surface area contributed by atoms with E-state index < -0.39 is 0 Å². The standard InChI is InChI=1S/C12H24O2/c1-12(2,3)10(9-13)6-7-11-5-4-8-14-11/h10-11,13H,4-9H2,1-3H3. The molecule has 2 atom stereocenters. The van der Waals surface area contributed by atoms with Crippen molar-refractivity contribution in [1.82, 2.24) is 0 Å². The van der Waals surface area contributed by atoms with Crippen LogP contribution in [0.1, 0.15) is 46.5 Å². The highest BCUT2D eigenvalue weighted by atomic mass is 16.5. The van der Waals surface area contributed by atoms with Gasteiger partial charge in [-0.15, -0.1) is 0 Å². The van der Waals surface area contributed by atoms with Gasteiger partial charge in [-0.2, -0.15) is 0 Å². The highest BCUT2D eigenvalue weighted by Gasteiger charge is 2.25. The Balaban J connectivity index is 2.26. The molecule has 1 heterocycles. The van der Waals surface area contributed by atoms with Crippen LogP contribution in [-0.2, 0) is 4.74 Å². The van der Waals surface area contributed by atoms with Gasteiger partial charge in [0.05, 0.1) is 6.10 Å². The molecule has 0 radical (unpaired) electrons. The maximum atomic E-state index is 9.29. The number of hydrogen-bond acceptors (Lipinski definition) is 2. The van der Waals surface area contributed by atoms with E-state index in [2.05, 4.69) is 20.8 Å². The van der Waals surface area contributed by atoms with Crippen LogP contribution in [0.4, 0.5) is 0 Å². The van der Waals surface area contributed by atoms with Crippen molar-refractivity contribution in [3.05, 3.63) is 0 Å². The maximum Gasteiger partial charge on any atom is 0.0576 e. The lowest BCUT2D eigenvalue weighted by atomic mass is 9.78. The Morgan fingerprint density at radius 2 is 2.14 bits per heavy atom. The molecule has 1 rings (SSSR count). The number of aliphatic hydroxyl groups excluding tert-OH is 1. The van der Waals surface area contributed by atoms with Crippen molar-refractivity contribution < 1.29 is 9.84 Å².